The Balaban J connectivity index is 1.58. The summed E-state index contributed by atoms with van der Waals surface area (Å²) < 4.78 is 0. The Morgan fingerprint density at radius 2 is 1.67 bits per heavy atom. The minimum atomic E-state index is -0.571. The van der Waals surface area contributed by atoms with Crippen molar-refractivity contribution in [3.05, 3.63) is 52.8 Å². The molecule has 3 saturated carbocycles. The van der Waals surface area contributed by atoms with E-state index in [0.717, 1.165) is 47.9 Å². The van der Waals surface area contributed by atoms with Gasteiger partial charge < -0.3 is 0 Å². The summed E-state index contributed by atoms with van der Waals surface area (Å²) in [5.74, 6) is 0.624. The maximum atomic E-state index is 13.3. The van der Waals surface area contributed by atoms with Gasteiger partial charge in [-0.3, -0.25) is 9.59 Å². The summed E-state index contributed by atoms with van der Waals surface area (Å²) in [4.78, 5) is 30.8. The van der Waals surface area contributed by atoms with Crippen LogP contribution in [-0.2, 0) is 16.0 Å². The van der Waals surface area contributed by atoms with E-state index >= 15 is 0 Å². The van der Waals surface area contributed by atoms with Gasteiger partial charge in [0, 0.05) is 23.6 Å². The molecule has 5 atom stereocenters. The number of Topliss-reactive ketones (excluding diaryl/α,β-unsaturated/α-hetero) is 2. The first kappa shape index (κ1) is 17.1. The molecule has 3 aliphatic carbocycles. The lowest BCUT2D eigenvalue weighted by Gasteiger charge is -2.21. The van der Waals surface area contributed by atoms with E-state index in [9.17, 15) is 9.59 Å². The number of hydrogen-bond donors (Lipinski definition) is 0. The maximum absolute atomic E-state index is 13.3. The molecule has 5 rings (SSSR count). The molecule has 3 nitrogen and oxygen atoms in total. The first-order valence-corrected chi connectivity index (χ1v) is 10.3. The van der Waals surface area contributed by atoms with Crippen molar-refractivity contribution in [3.63, 3.8) is 0 Å². The third-order valence-corrected chi connectivity index (χ3v) is 7.26. The summed E-state index contributed by atoms with van der Waals surface area (Å²) >= 11 is 5.91. The minimum absolute atomic E-state index is 0.0215. The van der Waals surface area contributed by atoms with Crippen LogP contribution in [0.3, 0.4) is 0 Å². The van der Waals surface area contributed by atoms with Crippen LogP contribution in [0.25, 0.3) is 11.1 Å². The molecular formula is C23H22ClNO2. The maximum Gasteiger partial charge on any atom is 0.151 e. The average Bonchev–Trinajstić information content (AvgIpc) is 3.36. The van der Waals surface area contributed by atoms with E-state index in [1.807, 2.05) is 18.2 Å². The second-order valence-corrected chi connectivity index (χ2v) is 8.65. The molecular weight excluding hydrogens is 358 g/mol. The number of aromatic nitrogens is 1. The van der Waals surface area contributed by atoms with Gasteiger partial charge in [-0.2, -0.15) is 0 Å². The first-order chi connectivity index (χ1) is 13.1. The van der Waals surface area contributed by atoms with Gasteiger partial charge in [-0.15, -0.1) is 0 Å². The van der Waals surface area contributed by atoms with E-state index in [1.54, 1.807) is 12.3 Å². The number of carbonyl (C=O) groups excluding carboxylic acids is 2. The van der Waals surface area contributed by atoms with Crippen LogP contribution in [0.15, 0.2) is 36.5 Å². The monoisotopic (exact) mass is 379 g/mol. The van der Waals surface area contributed by atoms with Gasteiger partial charge in [-0.05, 0) is 72.4 Å². The van der Waals surface area contributed by atoms with Gasteiger partial charge >= 0.3 is 0 Å². The van der Waals surface area contributed by atoms with Crippen LogP contribution in [0.1, 0.15) is 43.2 Å². The highest BCUT2D eigenvalue weighted by Gasteiger charge is 2.61. The molecule has 0 saturated heterocycles. The quantitative estimate of drug-likeness (QED) is 0.565. The number of hydrogen-bond acceptors (Lipinski definition) is 3. The van der Waals surface area contributed by atoms with Gasteiger partial charge in [0.2, 0.25) is 0 Å². The molecule has 0 amide bonds. The van der Waals surface area contributed by atoms with Crippen molar-refractivity contribution < 1.29 is 9.59 Å². The largest absolute Gasteiger partial charge is 0.298 e. The number of halogens is 1. The summed E-state index contributed by atoms with van der Waals surface area (Å²) in [6, 6.07) is 9.82. The molecule has 1 aromatic carbocycles. The molecule has 0 aliphatic heterocycles. The van der Waals surface area contributed by atoms with Crippen molar-refractivity contribution in [2.75, 3.05) is 0 Å². The topological polar surface area (TPSA) is 47.0 Å². The highest BCUT2D eigenvalue weighted by molar-refractivity contribution is 6.29. The van der Waals surface area contributed by atoms with Crippen molar-refractivity contribution >= 4 is 23.2 Å². The highest BCUT2D eigenvalue weighted by Crippen LogP contribution is 2.59. The zero-order valence-electron chi connectivity index (χ0n) is 15.3. The standard InChI is InChI=1S/C23H22ClNO2/c1-2-12-3-4-13(16-7-8-18(24)25-11-16)10-17(12)21-22(26)19-14-5-6-15(9-14)20(19)23(21)27/h3-4,7-8,10-11,14-15,19-21H,2,5-6,9H2,1H3/t14-,15+,19-,20+,21?. The lowest BCUT2D eigenvalue weighted by molar-refractivity contribution is -0.125. The fourth-order valence-electron chi connectivity index (χ4n) is 5.85. The Morgan fingerprint density at radius 3 is 2.26 bits per heavy atom. The molecule has 1 unspecified atom stereocenters. The number of fused-ring (bicyclic) bond motifs is 5. The molecule has 0 radical (unpaired) electrons. The molecule has 1 aromatic heterocycles. The molecule has 1 heterocycles. The predicted molar refractivity (Wildman–Crippen MR) is 105 cm³/mol. The fraction of sp³-hybridized carbons (Fsp3) is 0.435. The van der Waals surface area contributed by atoms with Crippen LogP contribution in [0.2, 0.25) is 5.15 Å². The number of ketones is 2. The number of nitrogens with zero attached hydrogens (tertiary/aromatic N) is 1. The summed E-state index contributed by atoms with van der Waals surface area (Å²) in [5, 5.41) is 0.452. The zero-order chi connectivity index (χ0) is 18.7. The van der Waals surface area contributed by atoms with Gasteiger partial charge in [-0.25, -0.2) is 4.98 Å². The summed E-state index contributed by atoms with van der Waals surface area (Å²) in [7, 11) is 0. The molecule has 138 valence electrons. The Labute approximate surface area is 164 Å². The van der Waals surface area contributed by atoms with Crippen LogP contribution in [0.4, 0.5) is 0 Å². The van der Waals surface area contributed by atoms with Gasteiger partial charge in [0.05, 0.1) is 0 Å². The third-order valence-electron chi connectivity index (χ3n) is 7.04. The van der Waals surface area contributed by atoms with E-state index < -0.39 is 5.92 Å². The second kappa shape index (κ2) is 6.27. The molecule has 0 N–H and O–H groups in total. The van der Waals surface area contributed by atoms with E-state index in [0.29, 0.717) is 17.0 Å². The van der Waals surface area contributed by atoms with Crippen molar-refractivity contribution in [3.8, 4) is 11.1 Å². The van der Waals surface area contributed by atoms with Crippen LogP contribution >= 0.6 is 11.6 Å². The van der Waals surface area contributed by atoms with Crippen molar-refractivity contribution in [1.82, 2.24) is 4.98 Å². The van der Waals surface area contributed by atoms with E-state index in [4.69, 9.17) is 11.6 Å². The summed E-state index contributed by atoms with van der Waals surface area (Å²) in [5.41, 5.74) is 3.93. The highest BCUT2D eigenvalue weighted by atomic mass is 35.5. The number of carbonyl (C=O) groups is 2. The van der Waals surface area contributed by atoms with Crippen LogP contribution in [0.5, 0.6) is 0 Å². The smallest absolute Gasteiger partial charge is 0.151 e. The average molecular weight is 380 g/mol. The number of benzene rings is 1. The molecule has 27 heavy (non-hydrogen) atoms. The third kappa shape index (κ3) is 2.51. The van der Waals surface area contributed by atoms with Crippen LogP contribution in [-0.4, -0.2) is 16.6 Å². The lowest BCUT2D eigenvalue weighted by Crippen LogP contribution is -2.24. The van der Waals surface area contributed by atoms with E-state index in [1.165, 1.54) is 0 Å². The number of aryl methyl sites for hydroxylation is 1. The molecule has 3 fully saturated rings. The predicted octanol–water partition coefficient (Wildman–Crippen LogP) is 4.86. The Hall–Kier alpha value is -2.00. The van der Waals surface area contributed by atoms with Crippen molar-refractivity contribution in [2.45, 2.75) is 38.5 Å². The molecule has 0 spiro atoms. The first-order valence-electron chi connectivity index (χ1n) is 9.90. The molecule has 4 heteroatoms. The number of pyridine rings is 1. The van der Waals surface area contributed by atoms with Gasteiger partial charge in [0.1, 0.15) is 11.1 Å². The molecule has 3 aliphatic rings. The zero-order valence-corrected chi connectivity index (χ0v) is 16.1. The summed E-state index contributed by atoms with van der Waals surface area (Å²) in [6.07, 6.45) is 5.87. The van der Waals surface area contributed by atoms with Crippen LogP contribution in [0, 0.1) is 23.7 Å². The normalized spacial score (nSPS) is 31.6. The Bertz CT molecular complexity index is 908. The van der Waals surface area contributed by atoms with Crippen LogP contribution < -0.4 is 0 Å². The lowest BCUT2D eigenvalue weighted by atomic mass is 9.81. The Morgan fingerprint density at radius 1 is 1.00 bits per heavy atom. The van der Waals surface area contributed by atoms with Crippen molar-refractivity contribution in [2.24, 2.45) is 23.7 Å². The Kier molecular flexibility index (Phi) is 3.98. The molecule has 2 bridgehead atoms. The fourth-order valence-corrected chi connectivity index (χ4v) is 5.97. The minimum Gasteiger partial charge on any atom is -0.298 e. The summed E-state index contributed by atoms with van der Waals surface area (Å²) in [6.45, 7) is 2.08. The van der Waals surface area contributed by atoms with Gasteiger partial charge in [0.25, 0.3) is 0 Å². The van der Waals surface area contributed by atoms with E-state index in [2.05, 4.69) is 18.0 Å². The van der Waals surface area contributed by atoms with Gasteiger partial charge in [-0.1, -0.05) is 30.7 Å². The molecule has 2 aromatic rings. The van der Waals surface area contributed by atoms with E-state index in [-0.39, 0.29) is 23.4 Å². The number of rotatable bonds is 3. The van der Waals surface area contributed by atoms with Gasteiger partial charge in [0.15, 0.2) is 11.6 Å². The van der Waals surface area contributed by atoms with Crippen molar-refractivity contribution in [1.29, 1.82) is 0 Å². The second-order valence-electron chi connectivity index (χ2n) is 8.26. The SMILES string of the molecule is CCc1ccc(-c2ccc(Cl)nc2)cc1C1C(=O)[C@@H]2[C@@H]3CC[C@@H](C3)[C@@H]2C1=O.